The zero-order valence-electron chi connectivity index (χ0n) is 6.96. The highest BCUT2D eigenvalue weighted by atomic mass is 15.0. The Kier molecular flexibility index (Phi) is 2.90. The second-order valence-corrected chi connectivity index (χ2v) is 2.93. The zero-order chi connectivity index (χ0) is 8.10. The Morgan fingerprint density at radius 2 is 2.45 bits per heavy atom. The molecule has 0 saturated carbocycles. The Morgan fingerprint density at radius 3 is 3.00 bits per heavy atom. The second kappa shape index (κ2) is 3.96. The van der Waals surface area contributed by atoms with Gasteiger partial charge in [0.15, 0.2) is 0 Å². The molecule has 0 spiro atoms. The molecule has 2 nitrogen and oxygen atoms in total. The van der Waals surface area contributed by atoms with Gasteiger partial charge in [-0.05, 0) is 18.1 Å². The monoisotopic (exact) mass is 149 g/mol. The van der Waals surface area contributed by atoms with Crippen LogP contribution in [0.2, 0.25) is 0 Å². The van der Waals surface area contributed by atoms with Gasteiger partial charge in [0, 0.05) is 6.54 Å². The van der Waals surface area contributed by atoms with Crippen LogP contribution in [0.3, 0.4) is 0 Å². The largest absolute Gasteiger partial charge is 0.370 e. The van der Waals surface area contributed by atoms with Crippen LogP contribution < -0.4 is 5.32 Å². The van der Waals surface area contributed by atoms with Crippen LogP contribution >= 0.6 is 0 Å². The predicted molar refractivity (Wildman–Crippen MR) is 46.4 cm³/mol. The summed E-state index contributed by atoms with van der Waals surface area (Å²) in [5, 5.41) is 3.20. The molecule has 1 radical (unpaired) electrons. The smallest absolute Gasteiger partial charge is 0.126 e. The second-order valence-electron chi connectivity index (χ2n) is 2.93. The van der Waals surface area contributed by atoms with Crippen molar-refractivity contribution < 1.29 is 0 Å². The molecule has 2 heteroatoms. The van der Waals surface area contributed by atoms with Crippen molar-refractivity contribution in [3.05, 3.63) is 24.4 Å². The van der Waals surface area contributed by atoms with Gasteiger partial charge < -0.3 is 5.32 Å². The Labute approximate surface area is 67.7 Å². The maximum atomic E-state index is 4.01. The van der Waals surface area contributed by atoms with Crippen molar-refractivity contribution in [1.82, 2.24) is 4.98 Å². The molecule has 1 aromatic rings. The van der Waals surface area contributed by atoms with E-state index in [1.807, 2.05) is 12.1 Å². The van der Waals surface area contributed by atoms with Gasteiger partial charge >= 0.3 is 0 Å². The SMILES string of the molecule is CC(C)CNc1ccc[c]n1. The Morgan fingerprint density at radius 1 is 1.64 bits per heavy atom. The van der Waals surface area contributed by atoms with E-state index in [2.05, 4.69) is 30.3 Å². The summed E-state index contributed by atoms with van der Waals surface area (Å²) < 4.78 is 0. The van der Waals surface area contributed by atoms with Gasteiger partial charge in [-0.2, -0.15) is 0 Å². The molecular weight excluding hydrogens is 136 g/mol. The minimum absolute atomic E-state index is 0.650. The van der Waals surface area contributed by atoms with Gasteiger partial charge in [-0.25, -0.2) is 4.98 Å². The molecule has 11 heavy (non-hydrogen) atoms. The lowest BCUT2D eigenvalue weighted by molar-refractivity contribution is 0.687. The molecule has 0 aliphatic rings. The minimum atomic E-state index is 0.650. The van der Waals surface area contributed by atoms with Crippen LogP contribution in [0.5, 0.6) is 0 Å². The predicted octanol–water partition coefficient (Wildman–Crippen LogP) is 1.95. The van der Waals surface area contributed by atoms with E-state index in [9.17, 15) is 0 Å². The lowest BCUT2D eigenvalue weighted by atomic mass is 10.2. The van der Waals surface area contributed by atoms with Crippen LogP contribution in [0.1, 0.15) is 13.8 Å². The van der Waals surface area contributed by atoms with Gasteiger partial charge in [0.2, 0.25) is 0 Å². The topological polar surface area (TPSA) is 24.9 Å². The minimum Gasteiger partial charge on any atom is -0.370 e. The summed E-state index contributed by atoms with van der Waals surface area (Å²) in [7, 11) is 0. The molecule has 0 fully saturated rings. The van der Waals surface area contributed by atoms with Crippen LogP contribution in [0.25, 0.3) is 0 Å². The molecule has 0 aliphatic carbocycles. The van der Waals surface area contributed by atoms with Crippen molar-refractivity contribution in [1.29, 1.82) is 0 Å². The molecule has 0 unspecified atom stereocenters. The van der Waals surface area contributed by atoms with Crippen molar-refractivity contribution in [2.24, 2.45) is 5.92 Å². The molecule has 1 aromatic heterocycles. The van der Waals surface area contributed by atoms with Crippen LogP contribution in [0.4, 0.5) is 5.82 Å². The van der Waals surface area contributed by atoms with Gasteiger partial charge in [0.1, 0.15) is 5.82 Å². The lowest BCUT2D eigenvalue weighted by Gasteiger charge is -2.06. The van der Waals surface area contributed by atoms with E-state index in [-0.39, 0.29) is 0 Å². The maximum Gasteiger partial charge on any atom is 0.126 e. The molecule has 1 N–H and O–H groups in total. The fourth-order valence-electron chi connectivity index (χ4n) is 0.734. The first-order valence-electron chi connectivity index (χ1n) is 3.86. The molecule has 0 aliphatic heterocycles. The summed E-state index contributed by atoms with van der Waals surface area (Å²) in [4.78, 5) is 4.01. The molecule has 1 rings (SSSR count). The first-order valence-corrected chi connectivity index (χ1v) is 3.86. The summed E-state index contributed by atoms with van der Waals surface area (Å²) in [5.74, 6) is 1.55. The van der Waals surface area contributed by atoms with Crippen molar-refractivity contribution >= 4 is 5.82 Å². The van der Waals surface area contributed by atoms with E-state index >= 15 is 0 Å². The van der Waals surface area contributed by atoms with E-state index in [0.29, 0.717) is 5.92 Å². The number of pyridine rings is 1. The highest BCUT2D eigenvalue weighted by Crippen LogP contribution is 2.00. The molecule has 1 heterocycles. The van der Waals surface area contributed by atoms with Gasteiger partial charge in [-0.1, -0.05) is 19.9 Å². The Balaban J connectivity index is 2.39. The quantitative estimate of drug-likeness (QED) is 0.710. The van der Waals surface area contributed by atoms with E-state index in [0.717, 1.165) is 12.4 Å². The number of aromatic nitrogens is 1. The average molecular weight is 149 g/mol. The first-order chi connectivity index (χ1) is 5.29. The standard InChI is InChI=1S/C9H13N2/c1-8(2)7-11-9-5-3-4-6-10-9/h3-5,8H,7H2,1-2H3,(H,10,11). The zero-order valence-corrected chi connectivity index (χ0v) is 6.96. The summed E-state index contributed by atoms with van der Waals surface area (Å²) in [6.45, 7) is 5.30. The number of hydrogen-bond donors (Lipinski definition) is 1. The van der Waals surface area contributed by atoms with Crippen molar-refractivity contribution in [2.75, 3.05) is 11.9 Å². The van der Waals surface area contributed by atoms with E-state index in [4.69, 9.17) is 0 Å². The van der Waals surface area contributed by atoms with Gasteiger partial charge in [-0.15, -0.1) is 0 Å². The molecular formula is C9H13N2. The van der Waals surface area contributed by atoms with Gasteiger partial charge in [0.25, 0.3) is 0 Å². The highest BCUT2D eigenvalue weighted by Gasteiger charge is 1.93. The number of nitrogens with one attached hydrogen (secondary N) is 1. The third kappa shape index (κ3) is 3.03. The fourth-order valence-corrected chi connectivity index (χ4v) is 0.734. The Bertz CT molecular complexity index is 194. The molecule has 0 aromatic carbocycles. The first kappa shape index (κ1) is 8.05. The normalized spacial score (nSPS) is 10.1. The summed E-state index contributed by atoms with van der Waals surface area (Å²) >= 11 is 0. The lowest BCUT2D eigenvalue weighted by Crippen LogP contribution is -2.08. The highest BCUT2D eigenvalue weighted by molar-refractivity contribution is 5.32. The van der Waals surface area contributed by atoms with Gasteiger partial charge in [0.05, 0.1) is 6.20 Å². The van der Waals surface area contributed by atoms with Crippen LogP contribution in [0.15, 0.2) is 18.2 Å². The maximum absolute atomic E-state index is 4.01. The van der Waals surface area contributed by atoms with Crippen LogP contribution in [-0.2, 0) is 0 Å². The van der Waals surface area contributed by atoms with E-state index in [1.54, 1.807) is 6.07 Å². The molecule has 0 atom stereocenters. The average Bonchev–Trinajstić information content (AvgIpc) is 2.03. The van der Waals surface area contributed by atoms with E-state index < -0.39 is 0 Å². The third-order valence-corrected chi connectivity index (χ3v) is 1.30. The summed E-state index contributed by atoms with van der Waals surface area (Å²) in [5.41, 5.74) is 0. The Hall–Kier alpha value is -1.05. The number of anilines is 1. The summed E-state index contributed by atoms with van der Waals surface area (Å²) in [6.07, 6.45) is 2.77. The number of nitrogens with zero attached hydrogens (tertiary/aromatic N) is 1. The molecule has 59 valence electrons. The van der Waals surface area contributed by atoms with Crippen molar-refractivity contribution in [3.8, 4) is 0 Å². The molecule has 0 bridgehead atoms. The summed E-state index contributed by atoms with van der Waals surface area (Å²) in [6, 6.07) is 5.66. The third-order valence-electron chi connectivity index (χ3n) is 1.30. The number of rotatable bonds is 3. The van der Waals surface area contributed by atoms with Crippen molar-refractivity contribution in [2.45, 2.75) is 13.8 Å². The fraction of sp³-hybridized carbons (Fsp3) is 0.444. The van der Waals surface area contributed by atoms with Gasteiger partial charge in [-0.3, -0.25) is 0 Å². The molecule has 0 saturated heterocycles. The number of hydrogen-bond acceptors (Lipinski definition) is 2. The van der Waals surface area contributed by atoms with E-state index in [1.165, 1.54) is 0 Å². The van der Waals surface area contributed by atoms with Crippen molar-refractivity contribution in [3.63, 3.8) is 0 Å². The molecule has 0 amide bonds. The van der Waals surface area contributed by atoms with Crippen LogP contribution in [0, 0.1) is 12.1 Å². The van der Waals surface area contributed by atoms with Crippen LogP contribution in [-0.4, -0.2) is 11.5 Å².